The molecule has 148 valence electrons. The fraction of sp³-hybridized carbons (Fsp3) is 0.864. The van der Waals surface area contributed by atoms with Gasteiger partial charge in [-0.15, -0.1) is 0 Å². The molecular weight excluding hydrogens is 340 g/mol. The summed E-state index contributed by atoms with van der Waals surface area (Å²) in [6, 6.07) is 1.41. The molecule has 0 saturated heterocycles. The smallest absolute Gasteiger partial charge is 0.311 e. The summed E-state index contributed by atoms with van der Waals surface area (Å²) in [7, 11) is 0. The third kappa shape index (κ3) is 2.49. The lowest BCUT2D eigenvalue weighted by molar-refractivity contribution is -0.422. The number of ketones is 1. The summed E-state index contributed by atoms with van der Waals surface area (Å²) in [5.74, 6) is 1.69. The number of nitrogens with one attached hydrogen (secondary N) is 1. The number of nitro groups is 1. The predicted molar refractivity (Wildman–Crippen MR) is 103 cm³/mol. The van der Waals surface area contributed by atoms with Crippen molar-refractivity contribution >= 4 is 5.78 Å². The van der Waals surface area contributed by atoms with Crippen LogP contribution in [0.4, 0.5) is 0 Å². The second-order valence-corrected chi connectivity index (χ2v) is 10.5. The van der Waals surface area contributed by atoms with Crippen molar-refractivity contribution in [2.24, 2.45) is 28.6 Å². The quantitative estimate of drug-likeness (QED) is 0.594. The number of hydrogen-bond donors (Lipinski definition) is 1. The molecule has 0 heterocycles. The van der Waals surface area contributed by atoms with Crippen LogP contribution in [0.15, 0.2) is 11.3 Å². The van der Waals surface area contributed by atoms with E-state index in [1.807, 2.05) is 0 Å². The van der Waals surface area contributed by atoms with Crippen LogP contribution in [0.1, 0.15) is 78.1 Å². The summed E-state index contributed by atoms with van der Waals surface area (Å²) >= 11 is 0. The largest absolute Gasteiger partial charge is 0.311 e. The van der Waals surface area contributed by atoms with Crippen LogP contribution in [0.2, 0.25) is 0 Å². The van der Waals surface area contributed by atoms with Crippen molar-refractivity contribution in [3.05, 3.63) is 21.4 Å². The van der Waals surface area contributed by atoms with Crippen LogP contribution in [-0.4, -0.2) is 22.8 Å². The summed E-state index contributed by atoms with van der Waals surface area (Å²) in [4.78, 5) is 23.5. The number of rotatable bonds is 3. The van der Waals surface area contributed by atoms with E-state index >= 15 is 0 Å². The fourth-order valence-electron chi connectivity index (χ4n) is 7.71. The first kappa shape index (κ1) is 17.8. The Morgan fingerprint density at radius 3 is 2.48 bits per heavy atom. The van der Waals surface area contributed by atoms with Crippen LogP contribution in [-0.2, 0) is 4.79 Å². The maximum absolute atomic E-state index is 12.3. The van der Waals surface area contributed by atoms with Gasteiger partial charge in [0.15, 0.2) is 0 Å². The molecule has 5 heteroatoms. The molecule has 4 saturated carbocycles. The summed E-state index contributed by atoms with van der Waals surface area (Å²) in [5, 5.41) is 15.6. The number of carbonyl (C=O) groups is 1. The van der Waals surface area contributed by atoms with Crippen molar-refractivity contribution in [2.45, 2.75) is 90.1 Å². The Labute approximate surface area is 161 Å². The van der Waals surface area contributed by atoms with Gasteiger partial charge in [0.2, 0.25) is 5.78 Å². The van der Waals surface area contributed by atoms with Crippen molar-refractivity contribution in [1.82, 2.24) is 5.32 Å². The minimum absolute atomic E-state index is 0.0461. The van der Waals surface area contributed by atoms with Crippen LogP contribution in [0.25, 0.3) is 0 Å². The number of fused-ring (bicyclic) bond motifs is 5. The Bertz CT molecular complexity index is 727. The zero-order chi connectivity index (χ0) is 19.0. The van der Waals surface area contributed by atoms with E-state index in [1.54, 1.807) is 0 Å². The summed E-state index contributed by atoms with van der Waals surface area (Å²) in [5.41, 5.74) is 1.09. The molecule has 0 radical (unpaired) electrons. The molecule has 5 aliphatic carbocycles. The molecule has 0 aromatic carbocycles. The highest BCUT2D eigenvalue weighted by Gasteiger charge is 2.61. The van der Waals surface area contributed by atoms with Crippen molar-refractivity contribution in [3.8, 4) is 0 Å². The molecule has 5 nitrogen and oxygen atoms in total. The highest BCUT2D eigenvalue weighted by molar-refractivity contribution is 5.95. The van der Waals surface area contributed by atoms with E-state index in [-0.39, 0.29) is 21.8 Å². The molecule has 0 aliphatic heterocycles. The van der Waals surface area contributed by atoms with E-state index in [2.05, 4.69) is 19.2 Å². The molecule has 4 fully saturated rings. The first-order chi connectivity index (χ1) is 12.8. The minimum Gasteiger partial charge on any atom is -0.311 e. The monoisotopic (exact) mass is 372 g/mol. The van der Waals surface area contributed by atoms with Crippen LogP contribution >= 0.6 is 0 Å². The number of Topliss-reactive ketones (excluding diaryl/α,β-unsaturated/α-hetero) is 1. The lowest BCUT2D eigenvalue weighted by Gasteiger charge is -2.57. The molecule has 0 spiro atoms. The first-order valence-electron chi connectivity index (χ1n) is 11.0. The SMILES string of the molecule is CC12CCC(=O)C([N+](=O)[O-])=C1CCC1C2CCC2(C)C1CC[C@@H]2NC1CC1. The van der Waals surface area contributed by atoms with E-state index in [4.69, 9.17) is 0 Å². The number of nitrogens with zero attached hydrogens (tertiary/aromatic N) is 1. The third-order valence-electron chi connectivity index (χ3n) is 9.29. The Hall–Kier alpha value is -1.23. The lowest BCUT2D eigenvalue weighted by atomic mass is 9.47. The number of allylic oxidation sites excluding steroid dienone is 1. The summed E-state index contributed by atoms with van der Waals surface area (Å²) < 4.78 is 0. The normalized spacial score (nSPS) is 46.7. The van der Waals surface area contributed by atoms with Crippen molar-refractivity contribution in [2.75, 3.05) is 0 Å². The maximum atomic E-state index is 12.3. The number of carbonyl (C=O) groups excluding carboxylic acids is 1. The van der Waals surface area contributed by atoms with Gasteiger partial charge in [0.25, 0.3) is 0 Å². The third-order valence-corrected chi connectivity index (χ3v) is 9.29. The van der Waals surface area contributed by atoms with E-state index < -0.39 is 0 Å². The Morgan fingerprint density at radius 1 is 1.00 bits per heavy atom. The summed E-state index contributed by atoms with van der Waals surface area (Å²) in [6.45, 7) is 4.76. The molecule has 6 atom stereocenters. The minimum atomic E-state index is -0.381. The molecule has 0 aromatic rings. The van der Waals surface area contributed by atoms with Gasteiger partial charge in [0.1, 0.15) is 0 Å². The molecule has 5 aliphatic rings. The highest BCUT2D eigenvalue weighted by atomic mass is 16.6. The number of hydrogen-bond acceptors (Lipinski definition) is 4. The average molecular weight is 373 g/mol. The van der Waals surface area contributed by atoms with Gasteiger partial charge in [-0.25, -0.2) is 0 Å². The molecule has 0 bridgehead atoms. The van der Waals surface area contributed by atoms with Crippen LogP contribution in [0.3, 0.4) is 0 Å². The second kappa shape index (κ2) is 5.88. The van der Waals surface area contributed by atoms with Crippen molar-refractivity contribution in [1.29, 1.82) is 0 Å². The Morgan fingerprint density at radius 2 is 1.78 bits per heavy atom. The zero-order valence-electron chi connectivity index (χ0n) is 16.6. The standard InChI is InChI=1S/C22H32N2O3/c1-21-12-10-18(25)20(24(26)27)17(21)6-5-14-15-7-8-19(23-13-3-4-13)22(15,2)11-9-16(14)21/h13-16,19,23H,3-12H2,1-2H3/t14?,15?,16?,19-,21?,22?/m0/s1. The second-order valence-electron chi connectivity index (χ2n) is 10.5. The van der Waals surface area contributed by atoms with Gasteiger partial charge in [-0.2, -0.15) is 0 Å². The van der Waals surface area contributed by atoms with Crippen molar-refractivity contribution in [3.63, 3.8) is 0 Å². The molecule has 5 unspecified atom stereocenters. The van der Waals surface area contributed by atoms with Gasteiger partial charge in [-0.1, -0.05) is 13.8 Å². The molecule has 1 N–H and O–H groups in total. The predicted octanol–water partition coefficient (Wildman–Crippen LogP) is 4.24. The molecular formula is C22H32N2O3. The molecule has 27 heavy (non-hydrogen) atoms. The average Bonchev–Trinajstić information content (AvgIpc) is 3.37. The van der Waals surface area contributed by atoms with Gasteiger partial charge in [-0.3, -0.25) is 14.9 Å². The van der Waals surface area contributed by atoms with Gasteiger partial charge in [0.05, 0.1) is 4.92 Å². The Balaban J connectivity index is 1.47. The topological polar surface area (TPSA) is 72.2 Å². The van der Waals surface area contributed by atoms with Gasteiger partial charge in [0, 0.05) is 24.1 Å². The fourth-order valence-corrected chi connectivity index (χ4v) is 7.71. The zero-order valence-corrected chi connectivity index (χ0v) is 16.6. The first-order valence-corrected chi connectivity index (χ1v) is 11.0. The van der Waals surface area contributed by atoms with Crippen LogP contribution < -0.4 is 5.32 Å². The van der Waals surface area contributed by atoms with E-state index in [9.17, 15) is 14.9 Å². The van der Waals surface area contributed by atoms with Crippen LogP contribution in [0, 0.1) is 38.7 Å². The summed E-state index contributed by atoms with van der Waals surface area (Å²) in [6.07, 6.45) is 10.6. The van der Waals surface area contributed by atoms with E-state index in [0.717, 1.165) is 36.8 Å². The maximum Gasteiger partial charge on any atom is 0.311 e. The van der Waals surface area contributed by atoms with E-state index in [1.165, 1.54) is 38.5 Å². The van der Waals surface area contributed by atoms with Crippen molar-refractivity contribution < 1.29 is 9.72 Å². The van der Waals surface area contributed by atoms with Gasteiger partial charge < -0.3 is 5.32 Å². The van der Waals surface area contributed by atoms with Gasteiger partial charge >= 0.3 is 5.70 Å². The van der Waals surface area contributed by atoms with E-state index in [0.29, 0.717) is 29.7 Å². The molecule has 0 aromatic heterocycles. The van der Waals surface area contributed by atoms with Crippen LogP contribution in [0.5, 0.6) is 0 Å². The highest BCUT2D eigenvalue weighted by Crippen LogP contribution is 2.65. The molecule has 5 rings (SSSR count). The Kier molecular flexibility index (Phi) is 3.89. The van der Waals surface area contributed by atoms with Gasteiger partial charge in [-0.05, 0) is 86.4 Å². The molecule has 0 amide bonds. The lowest BCUT2D eigenvalue weighted by Crippen LogP contribution is -2.54.